The predicted molar refractivity (Wildman–Crippen MR) is 137 cm³/mol. The zero-order valence-electron chi connectivity index (χ0n) is 20.4. The summed E-state index contributed by atoms with van der Waals surface area (Å²) in [6.45, 7) is 3.66. The average molecular weight is 485 g/mol. The van der Waals surface area contributed by atoms with Crippen LogP contribution in [-0.2, 0) is 17.9 Å². The van der Waals surface area contributed by atoms with E-state index in [1.807, 2.05) is 29.4 Å². The number of carbonyl (C=O) groups excluding carboxylic acids is 2. The van der Waals surface area contributed by atoms with Crippen molar-refractivity contribution in [2.24, 2.45) is 4.99 Å². The lowest BCUT2D eigenvalue weighted by atomic mass is 9.99. The van der Waals surface area contributed by atoms with Gasteiger partial charge in [-0.1, -0.05) is 12.1 Å². The Morgan fingerprint density at radius 3 is 2.72 bits per heavy atom. The molecule has 0 radical (unpaired) electrons. The highest BCUT2D eigenvalue weighted by molar-refractivity contribution is 6.04. The predicted octanol–water partition coefficient (Wildman–Crippen LogP) is 2.97. The Balaban J connectivity index is 1.41. The number of aromatic nitrogens is 2. The molecular weight excluding hydrogens is 456 g/mol. The molecule has 3 aliphatic rings. The summed E-state index contributed by atoms with van der Waals surface area (Å²) >= 11 is 0. The van der Waals surface area contributed by atoms with E-state index in [0.29, 0.717) is 44.5 Å². The number of likely N-dealkylation sites (tertiary alicyclic amines) is 1. The standard InChI is InChI=1S/C27H28N6O3/c1-16(34)26(35)32-9-7-21(8-10-32)33-25-20(15-31(2)27(33)36)14-29-23-6-5-22(30-24(23)25)17-3-4-18-12-28-13-19(18)11-17/h3-6,11,13-14,16,21,34H,7-10,12,15H2,1-2H3/t16-/m1/s1. The molecule has 1 N–H and O–H groups in total. The molecule has 5 heterocycles. The minimum atomic E-state index is -1.02. The average Bonchev–Trinajstić information content (AvgIpc) is 3.37. The maximum atomic E-state index is 13.5. The molecule has 1 atom stereocenters. The first kappa shape index (κ1) is 22.6. The summed E-state index contributed by atoms with van der Waals surface area (Å²) in [6.07, 6.45) is 3.98. The van der Waals surface area contributed by atoms with Gasteiger partial charge in [0.25, 0.3) is 5.91 Å². The third-order valence-corrected chi connectivity index (χ3v) is 7.38. The number of rotatable bonds is 3. The number of aliphatic hydroxyl groups is 1. The Bertz CT molecular complexity index is 1410. The third-order valence-electron chi connectivity index (χ3n) is 7.38. The van der Waals surface area contributed by atoms with E-state index >= 15 is 0 Å². The molecular formula is C27H28N6O3. The molecule has 3 aliphatic heterocycles. The number of hydrogen-bond donors (Lipinski definition) is 1. The maximum Gasteiger partial charge on any atom is 0.324 e. The van der Waals surface area contributed by atoms with E-state index in [1.54, 1.807) is 16.8 Å². The normalized spacial score (nSPS) is 18.5. The molecule has 0 unspecified atom stereocenters. The highest BCUT2D eigenvalue weighted by atomic mass is 16.3. The molecule has 9 nitrogen and oxygen atoms in total. The zero-order chi connectivity index (χ0) is 25.0. The van der Waals surface area contributed by atoms with Gasteiger partial charge >= 0.3 is 6.03 Å². The Labute approximate surface area is 209 Å². The van der Waals surface area contributed by atoms with Crippen molar-refractivity contribution in [3.05, 3.63) is 53.2 Å². The Hall–Kier alpha value is -3.85. The first-order valence-corrected chi connectivity index (χ1v) is 12.3. The highest BCUT2D eigenvalue weighted by Crippen LogP contribution is 2.38. The Kier molecular flexibility index (Phi) is 5.44. The summed E-state index contributed by atoms with van der Waals surface area (Å²) in [6, 6.07) is 10.0. The second kappa shape index (κ2) is 8.67. The van der Waals surface area contributed by atoms with E-state index in [9.17, 15) is 14.7 Å². The fourth-order valence-corrected chi connectivity index (χ4v) is 5.45. The van der Waals surface area contributed by atoms with Crippen molar-refractivity contribution in [1.29, 1.82) is 0 Å². The number of piperidine rings is 1. The zero-order valence-corrected chi connectivity index (χ0v) is 20.4. The molecule has 184 valence electrons. The molecule has 9 heteroatoms. The minimum Gasteiger partial charge on any atom is -0.384 e. The van der Waals surface area contributed by atoms with Crippen molar-refractivity contribution in [3.8, 4) is 11.3 Å². The van der Waals surface area contributed by atoms with Crippen LogP contribution in [0.2, 0.25) is 0 Å². The van der Waals surface area contributed by atoms with Crippen LogP contribution in [0.1, 0.15) is 36.5 Å². The molecule has 6 rings (SSSR count). The van der Waals surface area contributed by atoms with E-state index < -0.39 is 6.10 Å². The molecule has 0 aliphatic carbocycles. The Morgan fingerprint density at radius 2 is 1.94 bits per heavy atom. The van der Waals surface area contributed by atoms with Gasteiger partial charge in [0, 0.05) is 49.7 Å². The topological polar surface area (TPSA) is 102 Å². The van der Waals surface area contributed by atoms with Crippen LogP contribution in [0, 0.1) is 0 Å². The van der Waals surface area contributed by atoms with Gasteiger partial charge in [-0.25, -0.2) is 9.78 Å². The van der Waals surface area contributed by atoms with Gasteiger partial charge in [0.05, 0.1) is 30.0 Å². The van der Waals surface area contributed by atoms with Crippen LogP contribution in [0.25, 0.3) is 22.3 Å². The van der Waals surface area contributed by atoms with Gasteiger partial charge in [-0.3, -0.25) is 19.7 Å². The van der Waals surface area contributed by atoms with Crippen LogP contribution >= 0.6 is 0 Å². The van der Waals surface area contributed by atoms with Crippen LogP contribution in [0.3, 0.4) is 0 Å². The number of fused-ring (bicyclic) bond motifs is 4. The van der Waals surface area contributed by atoms with Crippen LogP contribution in [0.5, 0.6) is 0 Å². The van der Waals surface area contributed by atoms with E-state index in [1.165, 1.54) is 12.5 Å². The van der Waals surface area contributed by atoms with Crippen molar-refractivity contribution in [2.75, 3.05) is 25.0 Å². The van der Waals surface area contributed by atoms with Crippen LogP contribution in [0.15, 0.2) is 41.5 Å². The lowest BCUT2D eigenvalue weighted by Crippen LogP contribution is -2.55. The third kappa shape index (κ3) is 3.71. The van der Waals surface area contributed by atoms with Crippen LogP contribution < -0.4 is 4.90 Å². The molecule has 3 amide bonds. The monoisotopic (exact) mass is 484 g/mol. The highest BCUT2D eigenvalue weighted by Gasteiger charge is 2.38. The summed E-state index contributed by atoms with van der Waals surface area (Å²) in [7, 11) is 1.80. The van der Waals surface area contributed by atoms with E-state index in [2.05, 4.69) is 28.2 Å². The largest absolute Gasteiger partial charge is 0.384 e. The van der Waals surface area contributed by atoms with Gasteiger partial charge in [-0.2, -0.15) is 0 Å². The lowest BCUT2D eigenvalue weighted by molar-refractivity contribution is -0.140. The maximum absolute atomic E-state index is 13.5. The first-order chi connectivity index (χ1) is 17.4. The Morgan fingerprint density at radius 1 is 1.14 bits per heavy atom. The number of aliphatic imine (C=N–C) groups is 1. The SMILES string of the molecule is C[C@@H](O)C(=O)N1CCC(N2C(=O)N(C)Cc3cnc4ccc(-c5ccc6c(c5)C=NC6)nc4c32)CC1. The van der Waals surface area contributed by atoms with Gasteiger partial charge in [-0.05, 0) is 49.1 Å². The summed E-state index contributed by atoms with van der Waals surface area (Å²) in [5, 5.41) is 9.70. The lowest BCUT2D eigenvalue weighted by Gasteiger charge is -2.43. The summed E-state index contributed by atoms with van der Waals surface area (Å²) in [5.74, 6) is -0.267. The van der Waals surface area contributed by atoms with E-state index in [0.717, 1.165) is 33.6 Å². The number of carbonyl (C=O) groups is 2. The molecule has 1 fully saturated rings. The molecule has 0 spiro atoms. The molecule has 1 saturated heterocycles. The van der Waals surface area contributed by atoms with Crippen molar-refractivity contribution in [3.63, 3.8) is 0 Å². The molecule has 36 heavy (non-hydrogen) atoms. The first-order valence-electron chi connectivity index (χ1n) is 12.3. The number of nitrogens with zero attached hydrogens (tertiary/aromatic N) is 6. The number of hydrogen-bond acceptors (Lipinski definition) is 6. The van der Waals surface area contributed by atoms with Crippen LogP contribution in [-0.4, -0.2) is 75.3 Å². The van der Waals surface area contributed by atoms with Crippen molar-refractivity contribution in [2.45, 2.75) is 45.0 Å². The van der Waals surface area contributed by atoms with Gasteiger partial charge in [0.1, 0.15) is 11.6 Å². The number of urea groups is 1. The molecule has 3 aromatic rings. The van der Waals surface area contributed by atoms with Gasteiger partial charge in [0.15, 0.2) is 0 Å². The smallest absolute Gasteiger partial charge is 0.324 e. The van der Waals surface area contributed by atoms with Crippen molar-refractivity contribution >= 4 is 34.9 Å². The minimum absolute atomic E-state index is 0.0729. The molecule has 2 aromatic heterocycles. The number of aliphatic hydroxyl groups excluding tert-OH is 1. The summed E-state index contributed by atoms with van der Waals surface area (Å²) < 4.78 is 0. The van der Waals surface area contributed by atoms with Crippen LogP contribution in [0.4, 0.5) is 10.5 Å². The van der Waals surface area contributed by atoms with E-state index in [-0.39, 0.29) is 18.0 Å². The fraction of sp³-hybridized carbons (Fsp3) is 0.370. The quantitative estimate of drug-likeness (QED) is 0.616. The second-order valence-electron chi connectivity index (χ2n) is 9.82. The number of anilines is 1. The van der Waals surface area contributed by atoms with Crippen molar-refractivity contribution in [1.82, 2.24) is 19.8 Å². The van der Waals surface area contributed by atoms with Gasteiger partial charge < -0.3 is 14.9 Å². The molecule has 1 aromatic carbocycles. The summed E-state index contributed by atoms with van der Waals surface area (Å²) in [5.41, 5.74) is 7.36. The van der Waals surface area contributed by atoms with Gasteiger partial charge in [0.2, 0.25) is 0 Å². The number of amides is 3. The molecule has 0 saturated carbocycles. The molecule has 0 bridgehead atoms. The van der Waals surface area contributed by atoms with Gasteiger partial charge in [-0.15, -0.1) is 0 Å². The number of benzene rings is 1. The second-order valence-corrected chi connectivity index (χ2v) is 9.82. The number of pyridine rings is 2. The van der Waals surface area contributed by atoms with Crippen molar-refractivity contribution < 1.29 is 14.7 Å². The summed E-state index contributed by atoms with van der Waals surface area (Å²) in [4.78, 5) is 45.1. The van der Waals surface area contributed by atoms with E-state index in [4.69, 9.17) is 4.98 Å². The fourth-order valence-electron chi connectivity index (χ4n) is 5.45.